The van der Waals surface area contributed by atoms with Gasteiger partial charge in [-0.15, -0.1) is 0 Å². The summed E-state index contributed by atoms with van der Waals surface area (Å²) in [6, 6.07) is 15.2. The van der Waals surface area contributed by atoms with Crippen LogP contribution in [0.5, 0.6) is 5.75 Å². The number of nitrogens with one attached hydrogen (secondary N) is 1. The maximum absolute atomic E-state index is 12.3. The van der Waals surface area contributed by atoms with E-state index in [9.17, 15) is 9.90 Å². The Labute approximate surface area is 143 Å². The summed E-state index contributed by atoms with van der Waals surface area (Å²) >= 11 is 0. The smallest absolute Gasteiger partial charge is 0.251 e. The van der Waals surface area contributed by atoms with Gasteiger partial charge in [0.2, 0.25) is 0 Å². The molecule has 4 nitrogen and oxygen atoms in total. The zero-order chi connectivity index (χ0) is 17.6. The highest BCUT2D eigenvalue weighted by Crippen LogP contribution is 2.15. The molecule has 0 aliphatic rings. The summed E-state index contributed by atoms with van der Waals surface area (Å²) in [4.78, 5) is 12.3. The Morgan fingerprint density at radius 2 is 1.83 bits per heavy atom. The molecule has 0 unspecified atom stereocenters. The second-order valence-electron chi connectivity index (χ2n) is 6.55. The molecule has 0 aromatic heterocycles. The lowest BCUT2D eigenvalue weighted by atomic mass is 9.98. The van der Waals surface area contributed by atoms with Gasteiger partial charge in [0.15, 0.2) is 0 Å². The first-order chi connectivity index (χ1) is 11.4. The number of aliphatic hydroxyl groups is 1. The van der Waals surface area contributed by atoms with E-state index in [0.29, 0.717) is 18.5 Å². The first-order valence-corrected chi connectivity index (χ1v) is 8.10. The van der Waals surface area contributed by atoms with Gasteiger partial charge in [-0.1, -0.05) is 24.3 Å². The van der Waals surface area contributed by atoms with Gasteiger partial charge in [0, 0.05) is 12.1 Å². The van der Waals surface area contributed by atoms with Crippen molar-refractivity contribution in [1.29, 1.82) is 0 Å². The SMILES string of the molecule is COc1cccc(CNC(=O)c2cccc(CCC(C)(C)O)c2)c1. The van der Waals surface area contributed by atoms with Crippen molar-refractivity contribution in [2.45, 2.75) is 38.8 Å². The van der Waals surface area contributed by atoms with E-state index in [1.807, 2.05) is 42.5 Å². The number of hydrogen-bond donors (Lipinski definition) is 2. The Morgan fingerprint density at radius 1 is 1.12 bits per heavy atom. The minimum atomic E-state index is -0.704. The normalized spacial score (nSPS) is 11.2. The summed E-state index contributed by atoms with van der Waals surface area (Å²) in [5.74, 6) is 0.665. The Balaban J connectivity index is 1.96. The second-order valence-corrected chi connectivity index (χ2v) is 6.55. The van der Waals surface area contributed by atoms with Crippen LogP contribution in [0, 0.1) is 0 Å². The van der Waals surface area contributed by atoms with E-state index in [4.69, 9.17) is 4.74 Å². The highest BCUT2D eigenvalue weighted by Gasteiger charge is 2.13. The van der Waals surface area contributed by atoms with E-state index in [1.54, 1.807) is 27.0 Å². The molecule has 0 atom stereocenters. The van der Waals surface area contributed by atoms with Crippen molar-refractivity contribution in [3.05, 3.63) is 65.2 Å². The fourth-order valence-electron chi connectivity index (χ4n) is 2.39. The summed E-state index contributed by atoms with van der Waals surface area (Å²) in [7, 11) is 1.62. The molecule has 0 radical (unpaired) electrons. The van der Waals surface area contributed by atoms with Gasteiger partial charge in [-0.3, -0.25) is 4.79 Å². The van der Waals surface area contributed by atoms with Crippen LogP contribution in [0.15, 0.2) is 48.5 Å². The number of carbonyl (C=O) groups excluding carboxylic acids is 1. The quantitative estimate of drug-likeness (QED) is 0.820. The first kappa shape index (κ1) is 18.0. The van der Waals surface area contributed by atoms with Crippen LogP contribution >= 0.6 is 0 Å². The number of amides is 1. The minimum absolute atomic E-state index is 0.108. The van der Waals surface area contributed by atoms with E-state index < -0.39 is 5.60 Å². The molecule has 0 fully saturated rings. The third-order valence-electron chi connectivity index (χ3n) is 3.80. The topological polar surface area (TPSA) is 58.6 Å². The third-order valence-corrected chi connectivity index (χ3v) is 3.80. The number of methoxy groups -OCH3 is 1. The molecule has 2 rings (SSSR count). The Morgan fingerprint density at radius 3 is 2.54 bits per heavy atom. The highest BCUT2D eigenvalue weighted by atomic mass is 16.5. The van der Waals surface area contributed by atoms with Crippen LogP contribution in [0.25, 0.3) is 0 Å². The molecule has 2 aromatic carbocycles. The van der Waals surface area contributed by atoms with Crippen molar-refractivity contribution < 1.29 is 14.6 Å². The average molecular weight is 327 g/mol. The molecule has 0 saturated carbocycles. The van der Waals surface area contributed by atoms with Crippen molar-refractivity contribution in [2.75, 3.05) is 7.11 Å². The van der Waals surface area contributed by atoms with Gasteiger partial charge in [0.1, 0.15) is 5.75 Å². The summed E-state index contributed by atoms with van der Waals surface area (Å²) < 4.78 is 5.18. The van der Waals surface area contributed by atoms with E-state index in [0.717, 1.165) is 23.3 Å². The third kappa shape index (κ3) is 5.70. The van der Waals surface area contributed by atoms with Crippen LogP contribution in [0.1, 0.15) is 41.8 Å². The maximum Gasteiger partial charge on any atom is 0.251 e. The molecule has 128 valence electrons. The maximum atomic E-state index is 12.3. The zero-order valence-corrected chi connectivity index (χ0v) is 14.5. The van der Waals surface area contributed by atoms with Crippen molar-refractivity contribution in [1.82, 2.24) is 5.32 Å². The number of aryl methyl sites for hydroxylation is 1. The highest BCUT2D eigenvalue weighted by molar-refractivity contribution is 5.94. The van der Waals surface area contributed by atoms with Crippen LogP contribution in [-0.4, -0.2) is 23.7 Å². The van der Waals surface area contributed by atoms with Gasteiger partial charge in [0.05, 0.1) is 12.7 Å². The Bertz CT molecular complexity index is 689. The van der Waals surface area contributed by atoms with Crippen LogP contribution < -0.4 is 10.1 Å². The second kappa shape index (κ2) is 7.97. The number of benzene rings is 2. The van der Waals surface area contributed by atoms with Gasteiger partial charge in [-0.2, -0.15) is 0 Å². The predicted molar refractivity (Wildman–Crippen MR) is 95.2 cm³/mol. The lowest BCUT2D eigenvalue weighted by Gasteiger charge is -2.16. The van der Waals surface area contributed by atoms with E-state index in [1.165, 1.54) is 0 Å². The molecule has 0 aliphatic heterocycles. The van der Waals surface area contributed by atoms with Crippen molar-refractivity contribution in [3.63, 3.8) is 0 Å². The summed E-state index contributed by atoms with van der Waals surface area (Å²) in [6.45, 7) is 4.03. The molecular weight excluding hydrogens is 302 g/mol. The first-order valence-electron chi connectivity index (χ1n) is 8.10. The van der Waals surface area contributed by atoms with E-state index >= 15 is 0 Å². The number of rotatable bonds is 7. The molecule has 1 amide bonds. The average Bonchev–Trinajstić information content (AvgIpc) is 2.57. The largest absolute Gasteiger partial charge is 0.497 e. The van der Waals surface area contributed by atoms with Crippen LogP contribution in [0.4, 0.5) is 0 Å². The molecular formula is C20H25NO3. The molecule has 0 saturated heterocycles. The molecule has 2 aromatic rings. The summed E-state index contributed by atoms with van der Waals surface area (Å²) in [6.07, 6.45) is 1.39. The Kier molecular flexibility index (Phi) is 5.99. The van der Waals surface area contributed by atoms with E-state index in [-0.39, 0.29) is 5.91 Å². The van der Waals surface area contributed by atoms with Gasteiger partial charge in [0.25, 0.3) is 5.91 Å². The molecule has 4 heteroatoms. The van der Waals surface area contributed by atoms with Crippen LogP contribution in [0.2, 0.25) is 0 Å². The minimum Gasteiger partial charge on any atom is -0.497 e. The van der Waals surface area contributed by atoms with E-state index in [2.05, 4.69) is 5.32 Å². The monoisotopic (exact) mass is 327 g/mol. The van der Waals surface area contributed by atoms with Gasteiger partial charge >= 0.3 is 0 Å². The number of ether oxygens (including phenoxy) is 1. The molecule has 0 aliphatic carbocycles. The lowest BCUT2D eigenvalue weighted by Crippen LogP contribution is -2.23. The molecule has 2 N–H and O–H groups in total. The van der Waals surface area contributed by atoms with Gasteiger partial charge < -0.3 is 15.2 Å². The summed E-state index contributed by atoms with van der Waals surface area (Å²) in [5, 5.41) is 12.7. The molecule has 0 heterocycles. The zero-order valence-electron chi connectivity index (χ0n) is 14.5. The van der Waals surface area contributed by atoms with Gasteiger partial charge in [-0.05, 0) is 62.1 Å². The van der Waals surface area contributed by atoms with Crippen molar-refractivity contribution in [2.24, 2.45) is 0 Å². The van der Waals surface area contributed by atoms with Crippen LogP contribution in [0.3, 0.4) is 0 Å². The standard InChI is InChI=1S/C20H25NO3/c1-20(2,23)11-10-15-6-4-8-17(12-15)19(22)21-14-16-7-5-9-18(13-16)24-3/h4-9,12-13,23H,10-11,14H2,1-3H3,(H,21,22). The summed E-state index contributed by atoms with van der Waals surface area (Å²) in [5.41, 5.74) is 1.96. The van der Waals surface area contributed by atoms with Crippen LogP contribution in [-0.2, 0) is 13.0 Å². The molecule has 24 heavy (non-hydrogen) atoms. The number of hydrogen-bond acceptors (Lipinski definition) is 3. The fourth-order valence-corrected chi connectivity index (χ4v) is 2.39. The predicted octanol–water partition coefficient (Wildman–Crippen LogP) is 3.33. The Hall–Kier alpha value is -2.33. The number of carbonyl (C=O) groups is 1. The lowest BCUT2D eigenvalue weighted by molar-refractivity contribution is 0.0714. The molecule has 0 spiro atoms. The van der Waals surface area contributed by atoms with Crippen molar-refractivity contribution >= 4 is 5.91 Å². The van der Waals surface area contributed by atoms with Gasteiger partial charge in [-0.25, -0.2) is 0 Å². The fraction of sp³-hybridized carbons (Fsp3) is 0.350. The molecule has 0 bridgehead atoms. The van der Waals surface area contributed by atoms with Crippen molar-refractivity contribution in [3.8, 4) is 5.75 Å².